The van der Waals surface area contributed by atoms with Crippen molar-refractivity contribution in [2.75, 3.05) is 7.05 Å². The molecule has 0 fully saturated rings. The Morgan fingerprint density at radius 1 is 1.00 bits per heavy atom. The van der Waals surface area contributed by atoms with Gasteiger partial charge >= 0.3 is 0 Å². The van der Waals surface area contributed by atoms with Crippen LogP contribution in [-0.4, -0.2) is 18.0 Å². The molecule has 0 atom stereocenters. The van der Waals surface area contributed by atoms with Crippen molar-refractivity contribution in [1.29, 1.82) is 0 Å². The summed E-state index contributed by atoms with van der Waals surface area (Å²) in [4.78, 5) is 8.44. The van der Waals surface area contributed by atoms with E-state index in [1.54, 1.807) is 13.2 Å². The van der Waals surface area contributed by atoms with Gasteiger partial charge < -0.3 is 10.6 Å². The van der Waals surface area contributed by atoms with Gasteiger partial charge in [0, 0.05) is 19.8 Å². The molecule has 2 aromatic rings. The summed E-state index contributed by atoms with van der Waals surface area (Å²) in [6.45, 7) is 1.41. The van der Waals surface area contributed by atoms with Gasteiger partial charge in [-0.3, -0.25) is 9.98 Å². The summed E-state index contributed by atoms with van der Waals surface area (Å²) in [6, 6.07) is 16.1. The van der Waals surface area contributed by atoms with Crippen molar-refractivity contribution in [2.45, 2.75) is 13.1 Å². The van der Waals surface area contributed by atoms with Crippen molar-refractivity contribution in [1.82, 2.24) is 15.6 Å². The lowest BCUT2D eigenvalue weighted by Gasteiger charge is -2.11. The van der Waals surface area contributed by atoms with Crippen LogP contribution in [0.1, 0.15) is 11.3 Å². The number of nitrogens with one attached hydrogen (secondary N) is 2. The Morgan fingerprint density at radius 2 is 1.74 bits per heavy atom. The fourth-order valence-corrected chi connectivity index (χ4v) is 1.68. The summed E-state index contributed by atoms with van der Waals surface area (Å²) in [5, 5.41) is 6.50. The highest BCUT2D eigenvalue weighted by atomic mass is 15.2. The third-order valence-electron chi connectivity index (χ3n) is 2.69. The van der Waals surface area contributed by atoms with E-state index in [1.807, 2.05) is 36.4 Å². The van der Waals surface area contributed by atoms with Crippen molar-refractivity contribution in [3.8, 4) is 0 Å². The summed E-state index contributed by atoms with van der Waals surface area (Å²) in [5.74, 6) is 0.773. The number of aliphatic imine (C=N–C) groups is 1. The van der Waals surface area contributed by atoms with Gasteiger partial charge in [0.2, 0.25) is 0 Å². The summed E-state index contributed by atoms with van der Waals surface area (Å²) < 4.78 is 0. The molecule has 0 unspecified atom stereocenters. The molecule has 1 heterocycles. The third-order valence-corrected chi connectivity index (χ3v) is 2.69. The fraction of sp³-hybridized carbons (Fsp3) is 0.200. The maximum atomic E-state index is 4.26. The first-order chi connectivity index (χ1) is 9.38. The second kappa shape index (κ2) is 7.16. The van der Waals surface area contributed by atoms with E-state index >= 15 is 0 Å². The zero-order valence-corrected chi connectivity index (χ0v) is 11.0. The molecule has 2 rings (SSSR count). The zero-order chi connectivity index (χ0) is 13.3. The maximum Gasteiger partial charge on any atom is 0.191 e. The van der Waals surface area contributed by atoms with Gasteiger partial charge in [0.25, 0.3) is 0 Å². The monoisotopic (exact) mass is 254 g/mol. The van der Waals surface area contributed by atoms with Crippen molar-refractivity contribution in [2.24, 2.45) is 4.99 Å². The van der Waals surface area contributed by atoms with Crippen LogP contribution < -0.4 is 10.6 Å². The standard InChI is InChI=1S/C15H18N4/c1-16-15(18-11-13-7-3-2-4-8-13)19-12-14-9-5-6-10-17-14/h2-10H,11-12H2,1H3,(H2,16,18,19). The number of hydrogen-bond acceptors (Lipinski definition) is 2. The molecule has 2 N–H and O–H groups in total. The van der Waals surface area contributed by atoms with Gasteiger partial charge in [-0.05, 0) is 17.7 Å². The minimum Gasteiger partial charge on any atom is -0.352 e. The SMILES string of the molecule is CN=C(NCc1ccccc1)NCc1ccccn1. The molecule has 0 aliphatic carbocycles. The third kappa shape index (κ3) is 4.43. The second-order valence-corrected chi connectivity index (χ2v) is 4.09. The van der Waals surface area contributed by atoms with Crippen LogP contribution >= 0.6 is 0 Å². The van der Waals surface area contributed by atoms with Crippen LogP contribution in [0, 0.1) is 0 Å². The average molecular weight is 254 g/mol. The molecular weight excluding hydrogens is 236 g/mol. The van der Waals surface area contributed by atoms with E-state index in [0.717, 1.165) is 18.2 Å². The molecule has 0 amide bonds. The molecule has 0 aliphatic heterocycles. The number of pyridine rings is 1. The smallest absolute Gasteiger partial charge is 0.191 e. The molecule has 0 radical (unpaired) electrons. The van der Waals surface area contributed by atoms with E-state index in [9.17, 15) is 0 Å². The molecule has 0 saturated heterocycles. The first kappa shape index (κ1) is 13.1. The summed E-state index contributed by atoms with van der Waals surface area (Å²) >= 11 is 0. The first-order valence-corrected chi connectivity index (χ1v) is 6.27. The lowest BCUT2D eigenvalue weighted by molar-refractivity contribution is 0.794. The molecule has 1 aromatic carbocycles. The highest BCUT2D eigenvalue weighted by Crippen LogP contribution is 1.97. The van der Waals surface area contributed by atoms with E-state index < -0.39 is 0 Å². The van der Waals surface area contributed by atoms with Gasteiger partial charge in [0.1, 0.15) is 0 Å². The van der Waals surface area contributed by atoms with Gasteiger partial charge in [-0.2, -0.15) is 0 Å². The Bertz CT molecular complexity index is 463. The van der Waals surface area contributed by atoms with E-state index in [0.29, 0.717) is 6.54 Å². The van der Waals surface area contributed by atoms with Gasteiger partial charge in [0.05, 0.1) is 12.2 Å². The van der Waals surface area contributed by atoms with E-state index in [4.69, 9.17) is 0 Å². The van der Waals surface area contributed by atoms with Crippen molar-refractivity contribution < 1.29 is 0 Å². The Kier molecular flexibility index (Phi) is 4.93. The number of rotatable bonds is 4. The maximum absolute atomic E-state index is 4.26. The Labute approximate surface area is 113 Å². The number of guanidine groups is 1. The van der Waals surface area contributed by atoms with Crippen LogP contribution in [0.25, 0.3) is 0 Å². The summed E-state index contributed by atoms with van der Waals surface area (Å²) in [6.07, 6.45) is 1.79. The molecule has 98 valence electrons. The zero-order valence-electron chi connectivity index (χ0n) is 11.0. The number of benzene rings is 1. The predicted molar refractivity (Wildman–Crippen MR) is 77.7 cm³/mol. The average Bonchev–Trinajstić information content (AvgIpc) is 2.49. The van der Waals surface area contributed by atoms with Crippen molar-refractivity contribution >= 4 is 5.96 Å². The molecule has 4 nitrogen and oxygen atoms in total. The first-order valence-electron chi connectivity index (χ1n) is 6.27. The molecule has 4 heteroatoms. The second-order valence-electron chi connectivity index (χ2n) is 4.09. The van der Waals surface area contributed by atoms with Crippen molar-refractivity contribution in [3.63, 3.8) is 0 Å². The summed E-state index contributed by atoms with van der Waals surface area (Å²) in [5.41, 5.74) is 2.22. The Hall–Kier alpha value is -2.36. The number of hydrogen-bond donors (Lipinski definition) is 2. The highest BCUT2D eigenvalue weighted by molar-refractivity contribution is 5.79. The van der Waals surface area contributed by atoms with Gasteiger partial charge in [0.15, 0.2) is 5.96 Å². The van der Waals surface area contributed by atoms with Crippen LogP contribution in [0.4, 0.5) is 0 Å². The molecule has 0 aliphatic rings. The minimum atomic E-state index is 0.662. The molecule has 0 spiro atoms. The summed E-state index contributed by atoms with van der Waals surface area (Å²) in [7, 11) is 1.76. The molecule has 0 bridgehead atoms. The molecule has 19 heavy (non-hydrogen) atoms. The lowest BCUT2D eigenvalue weighted by Crippen LogP contribution is -2.36. The van der Waals surface area contributed by atoms with Crippen LogP contribution in [-0.2, 0) is 13.1 Å². The highest BCUT2D eigenvalue weighted by Gasteiger charge is 1.98. The van der Waals surface area contributed by atoms with Gasteiger partial charge in [-0.15, -0.1) is 0 Å². The molecule has 1 aromatic heterocycles. The number of nitrogens with zero attached hydrogens (tertiary/aromatic N) is 2. The lowest BCUT2D eigenvalue weighted by atomic mass is 10.2. The predicted octanol–water partition coefficient (Wildman–Crippen LogP) is 1.95. The number of aromatic nitrogens is 1. The van der Waals surface area contributed by atoms with E-state index in [-0.39, 0.29) is 0 Å². The van der Waals surface area contributed by atoms with Gasteiger partial charge in [-0.1, -0.05) is 36.4 Å². The molecule has 0 saturated carbocycles. The van der Waals surface area contributed by atoms with E-state index in [2.05, 4.69) is 32.7 Å². The van der Waals surface area contributed by atoms with Crippen LogP contribution in [0.15, 0.2) is 59.7 Å². The van der Waals surface area contributed by atoms with Crippen LogP contribution in [0.3, 0.4) is 0 Å². The van der Waals surface area contributed by atoms with Crippen molar-refractivity contribution in [3.05, 3.63) is 66.0 Å². The molecular formula is C15H18N4. The quantitative estimate of drug-likeness (QED) is 0.647. The Balaban J connectivity index is 1.81. The van der Waals surface area contributed by atoms with Gasteiger partial charge in [-0.25, -0.2) is 0 Å². The normalized spacial score (nSPS) is 11.1. The largest absolute Gasteiger partial charge is 0.352 e. The van der Waals surface area contributed by atoms with E-state index in [1.165, 1.54) is 5.56 Å². The minimum absolute atomic E-state index is 0.662. The Morgan fingerprint density at radius 3 is 2.42 bits per heavy atom. The topological polar surface area (TPSA) is 49.3 Å². The fourth-order valence-electron chi connectivity index (χ4n) is 1.68. The van der Waals surface area contributed by atoms with Crippen LogP contribution in [0.5, 0.6) is 0 Å². The van der Waals surface area contributed by atoms with Crippen LogP contribution in [0.2, 0.25) is 0 Å².